The molecular weight excluding hydrogens is 300 g/mol. The second kappa shape index (κ2) is 7.58. The SMILES string of the molecule is CCN(CC)C(=O)C1CCN(C(=O)Nc2nc(C)cs2)CC1. The zero-order valence-electron chi connectivity index (χ0n) is 13.5. The number of piperidine rings is 1. The van der Waals surface area contributed by atoms with E-state index < -0.39 is 0 Å². The van der Waals surface area contributed by atoms with Crippen molar-refractivity contribution in [2.24, 2.45) is 5.92 Å². The number of nitrogens with one attached hydrogen (secondary N) is 1. The normalized spacial score (nSPS) is 15.7. The standard InChI is InChI=1S/C15H24N4O2S/c1-4-18(5-2)13(20)12-6-8-19(9-7-12)15(21)17-14-16-11(3)10-22-14/h10,12H,4-9H2,1-3H3,(H,16,17,21). The molecule has 0 spiro atoms. The van der Waals surface area contributed by atoms with Crippen molar-refractivity contribution in [1.82, 2.24) is 14.8 Å². The van der Waals surface area contributed by atoms with Crippen molar-refractivity contribution in [3.8, 4) is 0 Å². The number of likely N-dealkylation sites (tertiary alicyclic amines) is 1. The lowest BCUT2D eigenvalue weighted by Crippen LogP contribution is -2.45. The van der Waals surface area contributed by atoms with Crippen LogP contribution in [0.25, 0.3) is 0 Å². The fourth-order valence-electron chi connectivity index (χ4n) is 2.70. The molecular formula is C15H24N4O2S. The summed E-state index contributed by atoms with van der Waals surface area (Å²) in [6.07, 6.45) is 1.47. The largest absolute Gasteiger partial charge is 0.343 e. The highest BCUT2D eigenvalue weighted by molar-refractivity contribution is 7.13. The summed E-state index contributed by atoms with van der Waals surface area (Å²) in [4.78, 5) is 32.4. The summed E-state index contributed by atoms with van der Waals surface area (Å²) in [6, 6.07) is -0.122. The summed E-state index contributed by atoms with van der Waals surface area (Å²) in [5.74, 6) is 0.270. The molecule has 1 aromatic rings. The molecule has 2 rings (SSSR count). The van der Waals surface area contributed by atoms with Gasteiger partial charge in [-0.15, -0.1) is 11.3 Å². The highest BCUT2D eigenvalue weighted by Gasteiger charge is 2.29. The maximum atomic E-state index is 12.3. The van der Waals surface area contributed by atoms with Crippen LogP contribution in [-0.4, -0.2) is 52.9 Å². The summed E-state index contributed by atoms with van der Waals surface area (Å²) in [5.41, 5.74) is 0.906. The monoisotopic (exact) mass is 324 g/mol. The van der Waals surface area contributed by atoms with E-state index in [1.165, 1.54) is 11.3 Å². The van der Waals surface area contributed by atoms with Gasteiger partial charge >= 0.3 is 6.03 Å². The Balaban J connectivity index is 1.83. The van der Waals surface area contributed by atoms with Crippen LogP contribution in [0.4, 0.5) is 9.93 Å². The van der Waals surface area contributed by atoms with Crippen LogP contribution in [-0.2, 0) is 4.79 Å². The molecule has 0 radical (unpaired) electrons. The van der Waals surface area contributed by atoms with Crippen LogP contribution in [0.5, 0.6) is 0 Å². The Kier molecular flexibility index (Phi) is 5.76. The summed E-state index contributed by atoms with van der Waals surface area (Å²) < 4.78 is 0. The van der Waals surface area contributed by atoms with Gasteiger partial charge in [-0.3, -0.25) is 10.1 Å². The third-order valence-electron chi connectivity index (χ3n) is 4.04. The molecule has 1 aromatic heterocycles. The van der Waals surface area contributed by atoms with Crippen LogP contribution in [0.2, 0.25) is 0 Å². The molecule has 1 fully saturated rings. The number of carbonyl (C=O) groups excluding carboxylic acids is 2. The van der Waals surface area contributed by atoms with Gasteiger partial charge in [0.25, 0.3) is 0 Å². The molecule has 1 aliphatic heterocycles. The molecule has 3 amide bonds. The summed E-state index contributed by atoms with van der Waals surface area (Å²) in [5, 5.41) is 5.36. The lowest BCUT2D eigenvalue weighted by molar-refractivity contribution is -0.136. The predicted molar refractivity (Wildman–Crippen MR) is 88.1 cm³/mol. The number of anilines is 1. The number of hydrogen-bond donors (Lipinski definition) is 1. The number of hydrogen-bond acceptors (Lipinski definition) is 4. The van der Waals surface area contributed by atoms with Crippen LogP contribution in [0.1, 0.15) is 32.4 Å². The molecule has 1 aliphatic rings. The molecule has 0 saturated carbocycles. The number of rotatable bonds is 4. The average molecular weight is 324 g/mol. The van der Waals surface area contributed by atoms with Crippen LogP contribution in [0, 0.1) is 12.8 Å². The number of thiazole rings is 1. The first-order chi connectivity index (χ1) is 10.5. The van der Waals surface area contributed by atoms with Crippen LogP contribution in [0.3, 0.4) is 0 Å². The Morgan fingerprint density at radius 2 is 2.00 bits per heavy atom. The van der Waals surface area contributed by atoms with Gasteiger partial charge in [-0.05, 0) is 33.6 Å². The van der Waals surface area contributed by atoms with Crippen LogP contribution < -0.4 is 5.32 Å². The van der Waals surface area contributed by atoms with Crippen molar-refractivity contribution in [3.63, 3.8) is 0 Å². The Labute approximate surface area is 135 Å². The third-order valence-corrected chi connectivity index (χ3v) is 4.91. The number of aryl methyl sites for hydroxylation is 1. The van der Waals surface area contributed by atoms with Gasteiger partial charge in [0.2, 0.25) is 5.91 Å². The molecule has 1 saturated heterocycles. The smallest absolute Gasteiger partial charge is 0.323 e. The van der Waals surface area contributed by atoms with Crippen molar-refractivity contribution in [1.29, 1.82) is 0 Å². The Morgan fingerprint density at radius 1 is 1.36 bits per heavy atom. The summed E-state index contributed by atoms with van der Waals surface area (Å²) >= 11 is 1.43. The van der Waals surface area contributed by atoms with Gasteiger partial charge in [0, 0.05) is 37.5 Å². The highest BCUT2D eigenvalue weighted by atomic mass is 32.1. The molecule has 1 N–H and O–H groups in total. The number of aromatic nitrogens is 1. The van der Waals surface area contributed by atoms with Crippen molar-refractivity contribution in [2.75, 3.05) is 31.5 Å². The second-order valence-electron chi connectivity index (χ2n) is 5.50. The topological polar surface area (TPSA) is 65.5 Å². The average Bonchev–Trinajstić information content (AvgIpc) is 2.93. The first kappa shape index (κ1) is 16.7. The molecule has 0 bridgehead atoms. The molecule has 7 heteroatoms. The minimum atomic E-state index is -0.122. The third kappa shape index (κ3) is 3.97. The minimum absolute atomic E-state index is 0.0473. The molecule has 22 heavy (non-hydrogen) atoms. The molecule has 0 aliphatic carbocycles. The van der Waals surface area contributed by atoms with E-state index in [0.717, 1.165) is 31.6 Å². The van der Waals surface area contributed by atoms with Crippen molar-refractivity contribution >= 4 is 28.4 Å². The van der Waals surface area contributed by atoms with E-state index in [4.69, 9.17) is 0 Å². The maximum absolute atomic E-state index is 12.3. The Hall–Kier alpha value is -1.63. The predicted octanol–water partition coefficient (Wildman–Crippen LogP) is 2.56. The van der Waals surface area contributed by atoms with E-state index in [2.05, 4.69) is 10.3 Å². The summed E-state index contributed by atoms with van der Waals surface area (Å²) in [7, 11) is 0. The van der Waals surface area contributed by atoms with Gasteiger partial charge in [0.1, 0.15) is 0 Å². The van der Waals surface area contributed by atoms with E-state index in [0.29, 0.717) is 18.2 Å². The van der Waals surface area contributed by atoms with Gasteiger partial charge in [-0.2, -0.15) is 0 Å². The number of nitrogens with zero attached hydrogens (tertiary/aromatic N) is 3. The van der Waals surface area contributed by atoms with E-state index >= 15 is 0 Å². The van der Waals surface area contributed by atoms with E-state index in [1.54, 1.807) is 4.90 Å². The highest BCUT2D eigenvalue weighted by Crippen LogP contribution is 2.21. The zero-order chi connectivity index (χ0) is 16.1. The van der Waals surface area contributed by atoms with Crippen molar-refractivity contribution in [2.45, 2.75) is 33.6 Å². The van der Waals surface area contributed by atoms with Crippen LogP contribution >= 0.6 is 11.3 Å². The molecule has 2 heterocycles. The van der Waals surface area contributed by atoms with Crippen LogP contribution in [0.15, 0.2) is 5.38 Å². The van der Waals surface area contributed by atoms with E-state index in [-0.39, 0.29) is 17.9 Å². The first-order valence-electron chi connectivity index (χ1n) is 7.82. The zero-order valence-corrected chi connectivity index (χ0v) is 14.3. The fraction of sp³-hybridized carbons (Fsp3) is 0.667. The maximum Gasteiger partial charge on any atom is 0.323 e. The van der Waals surface area contributed by atoms with Gasteiger partial charge in [0.05, 0.1) is 5.69 Å². The number of amides is 3. The van der Waals surface area contributed by atoms with Gasteiger partial charge in [-0.1, -0.05) is 0 Å². The fourth-order valence-corrected chi connectivity index (χ4v) is 3.38. The molecule has 0 unspecified atom stereocenters. The minimum Gasteiger partial charge on any atom is -0.343 e. The van der Waals surface area contributed by atoms with Gasteiger partial charge in [-0.25, -0.2) is 9.78 Å². The number of carbonyl (C=O) groups is 2. The Bertz CT molecular complexity index is 519. The van der Waals surface area contributed by atoms with Crippen molar-refractivity contribution in [3.05, 3.63) is 11.1 Å². The summed E-state index contributed by atoms with van der Waals surface area (Å²) in [6.45, 7) is 8.64. The van der Waals surface area contributed by atoms with E-state index in [1.807, 2.05) is 31.1 Å². The van der Waals surface area contributed by atoms with Gasteiger partial charge in [0.15, 0.2) is 5.13 Å². The van der Waals surface area contributed by atoms with Gasteiger partial charge < -0.3 is 9.80 Å². The molecule has 6 nitrogen and oxygen atoms in total. The molecule has 0 atom stereocenters. The van der Waals surface area contributed by atoms with E-state index in [9.17, 15) is 9.59 Å². The number of urea groups is 1. The molecule has 122 valence electrons. The lowest BCUT2D eigenvalue weighted by Gasteiger charge is -2.33. The molecule has 0 aromatic carbocycles. The second-order valence-corrected chi connectivity index (χ2v) is 6.35. The quantitative estimate of drug-likeness (QED) is 0.925. The first-order valence-corrected chi connectivity index (χ1v) is 8.70. The lowest BCUT2D eigenvalue weighted by atomic mass is 9.95. The Morgan fingerprint density at radius 3 is 2.50 bits per heavy atom. The van der Waals surface area contributed by atoms with Crippen molar-refractivity contribution < 1.29 is 9.59 Å².